The third kappa shape index (κ3) is 4.97. The lowest BCUT2D eigenvalue weighted by Crippen LogP contribution is -2.48. The van der Waals surface area contributed by atoms with E-state index in [0.717, 1.165) is 18.4 Å². The molecule has 0 saturated carbocycles. The summed E-state index contributed by atoms with van der Waals surface area (Å²) in [7, 11) is -3.71. The highest BCUT2D eigenvalue weighted by molar-refractivity contribution is 7.89. The topological polar surface area (TPSA) is 79.8 Å². The summed E-state index contributed by atoms with van der Waals surface area (Å²) in [6, 6.07) is 11.5. The summed E-state index contributed by atoms with van der Waals surface area (Å²) in [5.74, 6) is -1.13. The van der Waals surface area contributed by atoms with Gasteiger partial charge in [0.05, 0.1) is 28.2 Å². The van der Waals surface area contributed by atoms with Gasteiger partial charge in [0.25, 0.3) is 0 Å². The second-order valence-corrected chi connectivity index (χ2v) is 12.1. The number of ether oxygens (including phenoxy) is 1. The van der Waals surface area contributed by atoms with E-state index in [9.17, 15) is 17.6 Å². The predicted octanol–water partition coefficient (Wildman–Crippen LogP) is 4.36. The highest BCUT2D eigenvalue weighted by Crippen LogP contribution is 2.33. The number of rotatable bonds is 6. The first-order chi connectivity index (χ1) is 16.8. The average Bonchev–Trinajstić information content (AvgIpc) is 3.53. The number of sulfonamides is 1. The maximum atomic E-state index is 14.3. The molecule has 0 N–H and O–H groups in total. The molecule has 2 aliphatic heterocycles. The lowest BCUT2D eigenvalue weighted by molar-refractivity contribution is -0.123. The van der Waals surface area contributed by atoms with Crippen molar-refractivity contribution in [3.8, 4) is 0 Å². The number of benzene rings is 2. The van der Waals surface area contributed by atoms with E-state index < -0.39 is 21.8 Å². The van der Waals surface area contributed by atoms with Gasteiger partial charge in [-0.15, -0.1) is 0 Å². The van der Waals surface area contributed by atoms with Gasteiger partial charge in [-0.2, -0.15) is 4.31 Å². The summed E-state index contributed by atoms with van der Waals surface area (Å²) in [5.41, 5.74) is 1.22. The van der Waals surface area contributed by atoms with E-state index in [1.54, 1.807) is 41.3 Å². The molecule has 2 unspecified atom stereocenters. The molecular formula is C25H28FN3O4S2. The Labute approximate surface area is 208 Å². The molecule has 0 radical (unpaired) electrons. The minimum atomic E-state index is -3.71. The number of hydrogen-bond donors (Lipinski definition) is 0. The van der Waals surface area contributed by atoms with E-state index in [2.05, 4.69) is 4.98 Å². The summed E-state index contributed by atoms with van der Waals surface area (Å²) in [4.78, 5) is 20.1. The van der Waals surface area contributed by atoms with E-state index in [0.29, 0.717) is 42.4 Å². The quantitative estimate of drug-likeness (QED) is 0.486. The fraction of sp³-hybridized carbons (Fsp3) is 0.440. The molecule has 7 nitrogen and oxygen atoms in total. The molecule has 1 aromatic heterocycles. The number of aryl methyl sites for hydroxylation is 1. The van der Waals surface area contributed by atoms with Gasteiger partial charge in [0, 0.05) is 19.7 Å². The number of hydrogen-bond acceptors (Lipinski definition) is 6. The van der Waals surface area contributed by atoms with Crippen molar-refractivity contribution >= 4 is 42.6 Å². The molecule has 186 valence electrons. The Morgan fingerprint density at radius 2 is 2.00 bits per heavy atom. The van der Waals surface area contributed by atoms with Crippen molar-refractivity contribution in [3.05, 3.63) is 53.8 Å². The number of nitrogens with zero attached hydrogens (tertiary/aromatic N) is 3. The van der Waals surface area contributed by atoms with Gasteiger partial charge in [0.1, 0.15) is 11.3 Å². The molecule has 10 heteroatoms. The van der Waals surface area contributed by atoms with Gasteiger partial charge in [0.2, 0.25) is 15.9 Å². The van der Waals surface area contributed by atoms with Crippen LogP contribution in [0.3, 0.4) is 0 Å². The number of aromatic nitrogens is 1. The van der Waals surface area contributed by atoms with Crippen molar-refractivity contribution in [3.63, 3.8) is 0 Å². The first kappa shape index (κ1) is 24.3. The molecule has 1 amide bonds. The molecule has 35 heavy (non-hydrogen) atoms. The van der Waals surface area contributed by atoms with Crippen LogP contribution in [0.15, 0.2) is 47.4 Å². The summed E-state index contributed by atoms with van der Waals surface area (Å²) in [5, 5.41) is 0.420. The molecule has 0 spiro atoms. The normalized spacial score (nSPS) is 21.4. The van der Waals surface area contributed by atoms with Crippen LogP contribution >= 0.6 is 11.3 Å². The lowest BCUT2D eigenvalue weighted by Gasteiger charge is -2.34. The summed E-state index contributed by atoms with van der Waals surface area (Å²) in [6.45, 7) is 3.35. The Morgan fingerprint density at radius 1 is 1.20 bits per heavy atom. The Hall–Kier alpha value is -2.40. The zero-order valence-corrected chi connectivity index (χ0v) is 21.2. The molecule has 0 bridgehead atoms. The van der Waals surface area contributed by atoms with Crippen molar-refractivity contribution in [1.29, 1.82) is 0 Å². The molecule has 2 aromatic carbocycles. The lowest BCUT2D eigenvalue weighted by atomic mass is 9.98. The first-order valence-corrected chi connectivity index (χ1v) is 14.1. The molecular weight excluding hydrogens is 489 g/mol. The summed E-state index contributed by atoms with van der Waals surface area (Å²) in [6.07, 6.45) is 2.81. The Balaban J connectivity index is 1.42. The zero-order valence-electron chi connectivity index (χ0n) is 19.5. The van der Waals surface area contributed by atoms with Crippen molar-refractivity contribution in [2.24, 2.45) is 5.92 Å². The zero-order chi connectivity index (χ0) is 24.6. The third-order valence-corrected chi connectivity index (χ3v) is 9.58. The second-order valence-electron chi connectivity index (χ2n) is 9.18. The third-order valence-electron chi connectivity index (χ3n) is 6.66. The summed E-state index contributed by atoms with van der Waals surface area (Å²) < 4.78 is 48.7. The molecule has 2 saturated heterocycles. The maximum absolute atomic E-state index is 14.3. The highest BCUT2D eigenvalue weighted by Gasteiger charge is 2.37. The van der Waals surface area contributed by atoms with Gasteiger partial charge in [-0.05, 0) is 56.9 Å². The highest BCUT2D eigenvalue weighted by atomic mass is 32.2. The smallest absolute Gasteiger partial charge is 0.243 e. The number of piperidine rings is 1. The predicted molar refractivity (Wildman–Crippen MR) is 134 cm³/mol. The van der Waals surface area contributed by atoms with E-state index in [1.165, 1.54) is 21.7 Å². The molecule has 2 aliphatic rings. The minimum Gasteiger partial charge on any atom is -0.376 e. The summed E-state index contributed by atoms with van der Waals surface area (Å²) >= 11 is 1.27. The number of halogens is 1. The van der Waals surface area contributed by atoms with E-state index >= 15 is 0 Å². The monoisotopic (exact) mass is 517 g/mol. The molecule has 3 aromatic rings. The maximum Gasteiger partial charge on any atom is 0.243 e. The van der Waals surface area contributed by atoms with Gasteiger partial charge in [-0.25, -0.2) is 17.8 Å². The van der Waals surface area contributed by atoms with Crippen LogP contribution in [-0.2, 0) is 19.6 Å². The first-order valence-electron chi connectivity index (χ1n) is 11.9. The van der Waals surface area contributed by atoms with Crippen LogP contribution < -0.4 is 4.90 Å². The van der Waals surface area contributed by atoms with Crippen LogP contribution in [0.25, 0.3) is 10.2 Å². The molecule has 2 fully saturated rings. The van der Waals surface area contributed by atoms with Gasteiger partial charge < -0.3 is 4.74 Å². The number of thiazole rings is 1. The largest absolute Gasteiger partial charge is 0.376 e. The average molecular weight is 518 g/mol. The number of fused-ring (bicyclic) bond motifs is 1. The Bertz CT molecular complexity index is 1320. The van der Waals surface area contributed by atoms with Crippen LogP contribution in [0.2, 0.25) is 0 Å². The number of anilines is 1. The van der Waals surface area contributed by atoms with Crippen LogP contribution in [0, 0.1) is 18.7 Å². The van der Waals surface area contributed by atoms with E-state index in [4.69, 9.17) is 4.74 Å². The molecule has 2 atom stereocenters. The number of para-hydroxylation sites is 1. The second kappa shape index (κ2) is 9.93. The minimum absolute atomic E-state index is 0.107. The van der Waals surface area contributed by atoms with E-state index in [-0.39, 0.29) is 29.0 Å². The Kier molecular flexibility index (Phi) is 6.89. The van der Waals surface area contributed by atoms with Crippen molar-refractivity contribution in [2.75, 3.05) is 31.1 Å². The number of amides is 1. The van der Waals surface area contributed by atoms with Crippen LogP contribution in [0.4, 0.5) is 9.52 Å². The Morgan fingerprint density at radius 3 is 2.71 bits per heavy atom. The van der Waals surface area contributed by atoms with Gasteiger partial charge in [-0.1, -0.05) is 35.1 Å². The SMILES string of the molecule is Cc1ccc(S(=O)(=O)N2CCCC(C(=O)N(CC3CCCO3)c3nc4c(F)cccc4s3)C2)cc1. The fourth-order valence-electron chi connectivity index (χ4n) is 4.71. The van der Waals surface area contributed by atoms with Crippen LogP contribution in [-0.4, -0.2) is 56.0 Å². The van der Waals surface area contributed by atoms with Crippen LogP contribution in [0.1, 0.15) is 31.2 Å². The van der Waals surface area contributed by atoms with Crippen LogP contribution in [0.5, 0.6) is 0 Å². The van der Waals surface area contributed by atoms with E-state index in [1.807, 2.05) is 6.92 Å². The van der Waals surface area contributed by atoms with Crippen molar-refractivity contribution < 1.29 is 22.3 Å². The van der Waals surface area contributed by atoms with Crippen molar-refractivity contribution in [1.82, 2.24) is 9.29 Å². The standard InChI is InChI=1S/C25H28FN3O4S2/c1-17-9-11-20(12-10-17)35(31,32)28-13-3-5-18(15-28)24(30)29(16-19-6-4-14-33-19)25-27-23-21(26)7-2-8-22(23)34-25/h2,7-12,18-19H,3-6,13-16H2,1H3. The van der Waals surface area contributed by atoms with Gasteiger partial charge in [0.15, 0.2) is 5.13 Å². The van der Waals surface area contributed by atoms with Gasteiger partial charge in [-0.3, -0.25) is 9.69 Å². The molecule has 0 aliphatic carbocycles. The number of carbonyl (C=O) groups is 1. The number of carbonyl (C=O) groups excluding carboxylic acids is 1. The van der Waals surface area contributed by atoms with Crippen molar-refractivity contribution in [2.45, 2.75) is 43.6 Å². The fourth-order valence-corrected chi connectivity index (χ4v) is 7.23. The molecule has 5 rings (SSSR count). The van der Waals surface area contributed by atoms with Gasteiger partial charge >= 0.3 is 0 Å². The molecule has 3 heterocycles.